The van der Waals surface area contributed by atoms with Crippen LogP contribution in [-0.2, 0) is 4.74 Å². The molecule has 32 heavy (non-hydrogen) atoms. The number of benzene rings is 2. The first kappa shape index (κ1) is 22.1. The summed E-state index contributed by atoms with van der Waals surface area (Å²) in [5, 5.41) is 17.4. The van der Waals surface area contributed by atoms with Gasteiger partial charge in [-0.15, -0.1) is 0 Å². The van der Waals surface area contributed by atoms with Crippen LogP contribution in [0.3, 0.4) is 0 Å². The maximum Gasteiger partial charge on any atom is 0.284 e. The smallest absolute Gasteiger partial charge is 0.284 e. The monoisotopic (exact) mass is 457 g/mol. The third kappa shape index (κ3) is 4.72. The SMILES string of the molecule is O=C(NC(CO)[C@@H]1CCOC1)c1cc(-c2ccc(Cl)cc2)nn(-c2cccc(F)c2)c1=O. The van der Waals surface area contributed by atoms with E-state index in [2.05, 4.69) is 10.4 Å². The zero-order valence-electron chi connectivity index (χ0n) is 17.0. The molecule has 2 atom stereocenters. The summed E-state index contributed by atoms with van der Waals surface area (Å²) in [6, 6.07) is 13.0. The Morgan fingerprint density at radius 2 is 2.06 bits per heavy atom. The molecule has 1 amide bonds. The predicted molar refractivity (Wildman–Crippen MR) is 118 cm³/mol. The first-order chi connectivity index (χ1) is 15.5. The minimum atomic E-state index is -0.704. The van der Waals surface area contributed by atoms with Gasteiger partial charge in [0, 0.05) is 23.1 Å². The molecule has 1 fully saturated rings. The van der Waals surface area contributed by atoms with Crippen LogP contribution in [0.25, 0.3) is 16.9 Å². The number of aliphatic hydroxyl groups excluding tert-OH is 1. The van der Waals surface area contributed by atoms with Crippen molar-refractivity contribution in [1.29, 1.82) is 0 Å². The minimum Gasteiger partial charge on any atom is -0.394 e. The topological polar surface area (TPSA) is 93.4 Å². The third-order valence-corrected chi connectivity index (χ3v) is 5.65. The molecular weight excluding hydrogens is 437 g/mol. The Kier molecular flexibility index (Phi) is 6.64. The van der Waals surface area contributed by atoms with E-state index in [-0.39, 0.29) is 23.8 Å². The van der Waals surface area contributed by atoms with Crippen molar-refractivity contribution in [3.05, 3.63) is 81.4 Å². The maximum absolute atomic E-state index is 13.8. The summed E-state index contributed by atoms with van der Waals surface area (Å²) in [5.74, 6) is -1.24. The number of aromatic nitrogens is 2. The standard InChI is InChI=1S/C23H21ClFN3O4/c24-16-6-4-14(5-7-16)20-11-19(22(30)26-21(12-29)15-8-9-32-13-15)23(31)28(27-20)18-3-1-2-17(25)10-18/h1-7,10-11,15,21,29H,8-9,12-13H2,(H,26,30)/t15-,21?/m1/s1. The largest absolute Gasteiger partial charge is 0.394 e. The molecule has 7 nitrogen and oxygen atoms in total. The Morgan fingerprint density at radius 3 is 2.72 bits per heavy atom. The van der Waals surface area contributed by atoms with Crippen LogP contribution in [0.15, 0.2) is 59.4 Å². The van der Waals surface area contributed by atoms with Crippen molar-refractivity contribution >= 4 is 17.5 Å². The second kappa shape index (κ2) is 9.60. The molecule has 0 spiro atoms. The molecule has 1 aliphatic rings. The second-order valence-electron chi connectivity index (χ2n) is 7.53. The first-order valence-electron chi connectivity index (χ1n) is 10.1. The van der Waals surface area contributed by atoms with Crippen molar-refractivity contribution in [3.63, 3.8) is 0 Å². The fraction of sp³-hybridized carbons (Fsp3) is 0.261. The van der Waals surface area contributed by atoms with Gasteiger partial charge >= 0.3 is 0 Å². The first-order valence-corrected chi connectivity index (χ1v) is 10.5. The van der Waals surface area contributed by atoms with E-state index in [4.69, 9.17) is 16.3 Å². The maximum atomic E-state index is 13.8. The molecule has 1 saturated heterocycles. The zero-order valence-corrected chi connectivity index (χ0v) is 17.8. The van der Waals surface area contributed by atoms with Crippen LogP contribution in [-0.4, -0.2) is 46.7 Å². The molecular formula is C23H21ClFN3O4. The number of hydrogen-bond acceptors (Lipinski definition) is 5. The Balaban J connectivity index is 1.78. The molecule has 2 aromatic carbocycles. The van der Waals surface area contributed by atoms with E-state index < -0.39 is 23.3 Å². The Morgan fingerprint density at radius 1 is 1.28 bits per heavy atom. The van der Waals surface area contributed by atoms with E-state index in [1.54, 1.807) is 24.3 Å². The van der Waals surface area contributed by atoms with Crippen LogP contribution in [0.5, 0.6) is 0 Å². The van der Waals surface area contributed by atoms with Crippen LogP contribution >= 0.6 is 11.6 Å². The average Bonchev–Trinajstić information content (AvgIpc) is 3.33. The lowest BCUT2D eigenvalue weighted by Crippen LogP contribution is -2.45. The van der Waals surface area contributed by atoms with Gasteiger partial charge in [-0.05, 0) is 42.8 Å². The molecule has 0 aliphatic carbocycles. The fourth-order valence-corrected chi connectivity index (χ4v) is 3.76. The molecule has 2 N–H and O–H groups in total. The van der Waals surface area contributed by atoms with Crippen molar-refractivity contribution in [1.82, 2.24) is 15.1 Å². The van der Waals surface area contributed by atoms with Crippen molar-refractivity contribution < 1.29 is 19.0 Å². The summed E-state index contributed by atoms with van der Waals surface area (Å²) in [4.78, 5) is 26.2. The summed E-state index contributed by atoms with van der Waals surface area (Å²) in [7, 11) is 0. The van der Waals surface area contributed by atoms with Crippen LogP contribution in [0.1, 0.15) is 16.8 Å². The zero-order chi connectivity index (χ0) is 22.7. The van der Waals surface area contributed by atoms with E-state index >= 15 is 0 Å². The molecule has 3 aromatic rings. The molecule has 4 rings (SSSR count). The Labute approximate surface area is 188 Å². The summed E-state index contributed by atoms with van der Waals surface area (Å²) in [6.45, 7) is 0.692. The van der Waals surface area contributed by atoms with Gasteiger partial charge in [0.2, 0.25) is 0 Å². The minimum absolute atomic E-state index is 0.0491. The van der Waals surface area contributed by atoms with Gasteiger partial charge in [-0.2, -0.15) is 9.78 Å². The lowest BCUT2D eigenvalue weighted by atomic mass is 9.99. The number of amides is 1. The highest BCUT2D eigenvalue weighted by atomic mass is 35.5. The number of carbonyl (C=O) groups is 1. The Bertz CT molecular complexity index is 1180. The van der Waals surface area contributed by atoms with E-state index in [0.717, 1.165) is 10.7 Å². The van der Waals surface area contributed by atoms with Crippen molar-refractivity contribution in [3.8, 4) is 16.9 Å². The molecule has 0 saturated carbocycles. The van der Waals surface area contributed by atoms with Gasteiger partial charge in [-0.25, -0.2) is 4.39 Å². The summed E-state index contributed by atoms with van der Waals surface area (Å²) in [5.41, 5.74) is 0.261. The molecule has 1 aromatic heterocycles. The number of rotatable bonds is 6. The number of carbonyl (C=O) groups excluding carboxylic acids is 1. The van der Waals surface area contributed by atoms with E-state index in [1.807, 2.05) is 0 Å². The lowest BCUT2D eigenvalue weighted by Gasteiger charge is -2.21. The summed E-state index contributed by atoms with van der Waals surface area (Å²) in [6.07, 6.45) is 0.700. The molecule has 2 heterocycles. The predicted octanol–water partition coefficient (Wildman–Crippen LogP) is 2.82. The van der Waals surface area contributed by atoms with Crippen LogP contribution in [0.4, 0.5) is 4.39 Å². The number of aliphatic hydroxyl groups is 1. The van der Waals surface area contributed by atoms with Gasteiger partial charge in [0.1, 0.15) is 11.4 Å². The van der Waals surface area contributed by atoms with Gasteiger partial charge in [0.05, 0.1) is 30.6 Å². The summed E-state index contributed by atoms with van der Waals surface area (Å²) < 4.78 is 20.2. The van der Waals surface area contributed by atoms with E-state index in [9.17, 15) is 19.1 Å². The highest BCUT2D eigenvalue weighted by molar-refractivity contribution is 6.30. The number of hydrogen-bond donors (Lipinski definition) is 2. The normalized spacial score (nSPS) is 16.7. The van der Waals surface area contributed by atoms with Gasteiger partial charge in [0.25, 0.3) is 11.5 Å². The second-order valence-corrected chi connectivity index (χ2v) is 7.97. The Hall–Kier alpha value is -3.07. The van der Waals surface area contributed by atoms with Crippen molar-refractivity contribution in [2.75, 3.05) is 19.8 Å². The highest BCUT2D eigenvalue weighted by Crippen LogP contribution is 2.21. The van der Waals surface area contributed by atoms with Gasteiger partial charge < -0.3 is 15.2 Å². The van der Waals surface area contributed by atoms with Crippen molar-refractivity contribution in [2.45, 2.75) is 12.5 Å². The quantitative estimate of drug-likeness (QED) is 0.593. The van der Waals surface area contributed by atoms with E-state index in [1.165, 1.54) is 24.3 Å². The van der Waals surface area contributed by atoms with Crippen LogP contribution in [0, 0.1) is 11.7 Å². The van der Waals surface area contributed by atoms with Gasteiger partial charge in [0.15, 0.2) is 0 Å². The van der Waals surface area contributed by atoms with Crippen LogP contribution in [0.2, 0.25) is 5.02 Å². The number of ether oxygens (including phenoxy) is 1. The van der Waals surface area contributed by atoms with Gasteiger partial charge in [-0.3, -0.25) is 9.59 Å². The van der Waals surface area contributed by atoms with Crippen LogP contribution < -0.4 is 10.9 Å². The van der Waals surface area contributed by atoms with E-state index in [0.29, 0.717) is 35.9 Å². The van der Waals surface area contributed by atoms with Gasteiger partial charge in [-0.1, -0.05) is 29.8 Å². The highest BCUT2D eigenvalue weighted by Gasteiger charge is 2.28. The van der Waals surface area contributed by atoms with Crippen molar-refractivity contribution in [2.24, 2.45) is 5.92 Å². The third-order valence-electron chi connectivity index (χ3n) is 5.40. The fourth-order valence-electron chi connectivity index (χ4n) is 3.63. The molecule has 166 valence electrons. The molecule has 9 heteroatoms. The average molecular weight is 458 g/mol. The molecule has 0 radical (unpaired) electrons. The lowest BCUT2D eigenvalue weighted by molar-refractivity contribution is 0.0875. The number of halogens is 2. The molecule has 0 bridgehead atoms. The number of nitrogens with zero attached hydrogens (tertiary/aromatic N) is 2. The summed E-state index contributed by atoms with van der Waals surface area (Å²) >= 11 is 5.97. The molecule has 1 aliphatic heterocycles. The molecule has 1 unspecified atom stereocenters. The number of nitrogens with one attached hydrogen (secondary N) is 1.